The largest absolute Gasteiger partial charge is 0.412 e. The van der Waals surface area contributed by atoms with Crippen molar-refractivity contribution in [1.29, 1.82) is 0 Å². The average molecular weight is 644 g/mol. The number of rotatable bonds is 11. The molecule has 1 saturated heterocycles. The van der Waals surface area contributed by atoms with Crippen molar-refractivity contribution >= 4 is 44.9 Å². The molecule has 2 bridgehead atoms. The van der Waals surface area contributed by atoms with Crippen molar-refractivity contribution in [2.45, 2.75) is 114 Å². The van der Waals surface area contributed by atoms with E-state index in [0.29, 0.717) is 31.1 Å². The molecular weight excluding hydrogens is 595 g/mol. The summed E-state index contributed by atoms with van der Waals surface area (Å²) in [7, 11) is -3.06. The van der Waals surface area contributed by atoms with Crippen LogP contribution in [0.2, 0.25) is 46.8 Å². The molecule has 1 heterocycles. The zero-order valence-corrected chi connectivity index (χ0v) is 30.1. The van der Waals surface area contributed by atoms with Gasteiger partial charge in [0, 0.05) is 37.3 Å². The van der Waals surface area contributed by atoms with Crippen LogP contribution in [0.3, 0.4) is 0 Å². The lowest BCUT2D eigenvalue weighted by Crippen LogP contribution is -2.56. The minimum absolute atomic E-state index is 0.0210. The van der Waals surface area contributed by atoms with Crippen LogP contribution in [-0.4, -0.2) is 64.9 Å². The Labute approximate surface area is 264 Å². The summed E-state index contributed by atoms with van der Waals surface area (Å²) in [5, 5.41) is 1.90. The third-order valence-corrected chi connectivity index (χ3v) is 23.5. The molecule has 0 aromatic carbocycles. The Hall–Kier alpha value is -2.09. The molecule has 2 aliphatic carbocycles. The highest BCUT2D eigenvalue weighted by Gasteiger charge is 2.64. The van der Waals surface area contributed by atoms with Gasteiger partial charge in [-0.25, -0.2) is 4.79 Å². The Balaban J connectivity index is 2.68. The number of alkyl carbamates (subject to hydrolysis) is 1. The second-order valence-corrected chi connectivity index (χ2v) is 23.9. The molecule has 0 aromatic heterocycles. The van der Waals surface area contributed by atoms with Crippen molar-refractivity contribution in [1.82, 2.24) is 5.32 Å². The molecule has 0 unspecified atom stereocenters. The number of ketones is 1. The fourth-order valence-electron chi connectivity index (χ4n) is 7.58. The van der Waals surface area contributed by atoms with Crippen molar-refractivity contribution in [2.24, 2.45) is 0 Å². The highest BCUT2D eigenvalue weighted by atomic mass is 32.2. The van der Waals surface area contributed by atoms with Crippen LogP contribution in [-0.2, 0) is 23.8 Å². The van der Waals surface area contributed by atoms with Gasteiger partial charge in [-0.05, 0) is 11.5 Å². The van der Waals surface area contributed by atoms with Crippen molar-refractivity contribution in [3.8, 4) is 23.7 Å². The predicted molar refractivity (Wildman–Crippen MR) is 179 cm³/mol. The molecule has 7 nitrogen and oxygen atoms in total. The Morgan fingerprint density at radius 1 is 1.05 bits per heavy atom. The fourth-order valence-corrected chi connectivity index (χ4v) is 17.2. The number of thioether (sulfide) groups is 1. The summed E-state index contributed by atoms with van der Waals surface area (Å²) in [5.74, 6) is 12.7. The van der Waals surface area contributed by atoms with Crippen LogP contribution in [0.15, 0.2) is 23.0 Å². The zero-order chi connectivity index (χ0) is 31.9. The number of allylic oxidation sites excluding steroid dienone is 2. The van der Waals surface area contributed by atoms with Gasteiger partial charge in [0.2, 0.25) is 11.6 Å². The SMILES string of the molecule is CC[Si](CC)(CC)[C@H]1C#CCC(=O)C#C[C@]2([Si](CC)(CC)CC)CC3(OCCO3)C(OC(=O)NC)=C1C2=CCSC(C)=O. The Morgan fingerprint density at radius 3 is 2.16 bits per heavy atom. The van der Waals surface area contributed by atoms with Gasteiger partial charge in [0.25, 0.3) is 0 Å². The van der Waals surface area contributed by atoms with Gasteiger partial charge >= 0.3 is 6.09 Å². The molecule has 1 amide bonds. The van der Waals surface area contributed by atoms with Crippen LogP contribution >= 0.6 is 11.8 Å². The first kappa shape index (κ1) is 35.4. The highest BCUT2D eigenvalue weighted by molar-refractivity contribution is 8.13. The number of carbonyl (C=O) groups is 3. The standard InChI is InChI=1S/C33H49NO6SSi2/c1-9-42(10-2,11-3)28-17-15-16-26(36)18-20-32(43(12-4,13-5)14-6)24-33(38-21-22-39-33)30(40-31(37)34-8)29(28)27(32)19-23-41-25(7)35/h19,28H,9-14,16,21-24H2,1-8H3,(H,34,37)/t28-,32-/m0/s1. The fraction of sp³-hybridized carbons (Fsp3) is 0.667. The summed E-state index contributed by atoms with van der Waals surface area (Å²) in [6.07, 6.45) is 1.93. The molecule has 10 heteroatoms. The van der Waals surface area contributed by atoms with Gasteiger partial charge in [-0.2, -0.15) is 0 Å². The molecule has 0 aromatic rings. The van der Waals surface area contributed by atoms with Crippen LogP contribution in [0.5, 0.6) is 0 Å². The maximum atomic E-state index is 13.3. The van der Waals surface area contributed by atoms with Gasteiger partial charge < -0.3 is 19.5 Å². The zero-order valence-electron chi connectivity index (χ0n) is 27.3. The van der Waals surface area contributed by atoms with E-state index in [2.05, 4.69) is 76.6 Å². The second kappa shape index (κ2) is 14.8. The lowest BCUT2D eigenvalue weighted by atomic mass is 9.76. The molecular formula is C33H49NO6SSi2. The van der Waals surface area contributed by atoms with E-state index in [-0.39, 0.29) is 22.9 Å². The number of amides is 1. The quantitative estimate of drug-likeness (QED) is 0.147. The Kier molecular flexibility index (Phi) is 12.2. The van der Waals surface area contributed by atoms with Crippen LogP contribution in [0.25, 0.3) is 0 Å². The molecule has 43 heavy (non-hydrogen) atoms. The Morgan fingerprint density at radius 2 is 1.65 bits per heavy atom. The lowest BCUT2D eigenvalue weighted by Gasteiger charge is -2.55. The Bertz CT molecular complexity index is 1250. The van der Waals surface area contributed by atoms with Crippen molar-refractivity contribution in [2.75, 3.05) is 26.0 Å². The summed E-state index contributed by atoms with van der Waals surface area (Å²) in [4.78, 5) is 38.5. The number of fused-ring (bicyclic) bond motifs is 2. The number of hydrogen-bond acceptors (Lipinski definition) is 7. The predicted octanol–water partition coefficient (Wildman–Crippen LogP) is 7.06. The van der Waals surface area contributed by atoms with E-state index in [1.54, 1.807) is 6.92 Å². The lowest BCUT2D eigenvalue weighted by molar-refractivity contribution is -0.160. The highest BCUT2D eigenvalue weighted by Crippen LogP contribution is 2.66. The molecule has 3 aliphatic rings. The van der Waals surface area contributed by atoms with Crippen molar-refractivity contribution in [3.63, 3.8) is 0 Å². The molecule has 3 rings (SSSR count). The van der Waals surface area contributed by atoms with E-state index in [9.17, 15) is 14.4 Å². The topological polar surface area (TPSA) is 90.9 Å². The summed E-state index contributed by atoms with van der Waals surface area (Å²) in [5.41, 5.74) is 1.56. The number of hydrogen-bond donors (Lipinski definition) is 1. The van der Waals surface area contributed by atoms with Gasteiger partial charge in [0.05, 0.1) is 40.8 Å². The maximum absolute atomic E-state index is 13.3. The van der Waals surface area contributed by atoms with Crippen LogP contribution in [0.4, 0.5) is 4.79 Å². The minimum atomic E-state index is -2.38. The molecule has 2 atom stereocenters. The van der Waals surface area contributed by atoms with Crippen LogP contribution < -0.4 is 5.32 Å². The van der Waals surface area contributed by atoms with Crippen molar-refractivity contribution in [3.05, 3.63) is 23.0 Å². The normalized spacial score (nSPS) is 24.2. The van der Waals surface area contributed by atoms with E-state index in [1.807, 2.05) is 0 Å². The van der Waals surface area contributed by atoms with E-state index in [4.69, 9.17) is 14.2 Å². The third kappa shape index (κ3) is 6.51. The van der Waals surface area contributed by atoms with E-state index in [0.717, 1.165) is 47.4 Å². The van der Waals surface area contributed by atoms with Gasteiger partial charge in [-0.1, -0.05) is 113 Å². The summed E-state index contributed by atoms with van der Waals surface area (Å²) in [6.45, 7) is 15.7. The summed E-state index contributed by atoms with van der Waals surface area (Å²) >= 11 is 1.24. The van der Waals surface area contributed by atoms with Crippen LogP contribution in [0.1, 0.15) is 61.3 Å². The van der Waals surface area contributed by atoms with E-state index < -0.39 is 33.1 Å². The maximum Gasteiger partial charge on any atom is 0.412 e. The van der Waals surface area contributed by atoms with Gasteiger partial charge in [0.1, 0.15) is 0 Å². The number of carbonyl (C=O) groups excluding carboxylic acids is 3. The molecule has 1 N–H and O–H groups in total. The second-order valence-electron chi connectivity index (χ2n) is 11.7. The van der Waals surface area contributed by atoms with Gasteiger partial charge in [0.15, 0.2) is 10.9 Å². The molecule has 1 spiro atoms. The van der Waals surface area contributed by atoms with Gasteiger partial charge in [-0.15, -0.1) is 0 Å². The minimum Gasteiger partial charge on any atom is -0.409 e. The summed E-state index contributed by atoms with van der Waals surface area (Å²) in [6, 6.07) is 5.69. The molecule has 1 fully saturated rings. The van der Waals surface area contributed by atoms with E-state index >= 15 is 0 Å². The molecule has 0 radical (unpaired) electrons. The molecule has 236 valence electrons. The molecule has 0 saturated carbocycles. The number of Topliss-reactive ketones (excluding diaryl/α,β-unsaturated/α-hetero) is 1. The van der Waals surface area contributed by atoms with E-state index in [1.165, 1.54) is 18.8 Å². The van der Waals surface area contributed by atoms with Crippen LogP contribution in [0, 0.1) is 23.7 Å². The summed E-state index contributed by atoms with van der Waals surface area (Å²) < 4.78 is 19.3. The first-order valence-corrected chi connectivity index (χ1v) is 22.1. The number of ether oxygens (including phenoxy) is 3. The third-order valence-electron chi connectivity index (χ3n) is 10.4. The van der Waals surface area contributed by atoms with Crippen molar-refractivity contribution < 1.29 is 28.6 Å². The smallest absolute Gasteiger partial charge is 0.409 e. The first-order valence-electron chi connectivity index (χ1n) is 15.8. The van der Waals surface area contributed by atoms with Gasteiger partial charge in [-0.3, -0.25) is 9.59 Å². The molecule has 1 aliphatic heterocycles. The average Bonchev–Trinajstić information content (AvgIpc) is 3.47. The monoisotopic (exact) mass is 643 g/mol. The first-order chi connectivity index (χ1) is 20.5. The number of nitrogens with one attached hydrogen (secondary N) is 1.